The molecule has 0 N–H and O–H groups in total. The first-order valence-corrected chi connectivity index (χ1v) is 20.6. The molecule has 0 saturated heterocycles. The van der Waals surface area contributed by atoms with E-state index < -0.39 is 44.1 Å². The van der Waals surface area contributed by atoms with Crippen molar-refractivity contribution in [3.05, 3.63) is 0 Å². The van der Waals surface area contributed by atoms with Crippen LogP contribution < -0.4 is 0 Å². The summed E-state index contributed by atoms with van der Waals surface area (Å²) in [5, 5.41) is -1.07. The highest BCUT2D eigenvalue weighted by Gasteiger charge is 2.36. The first-order chi connectivity index (χ1) is 16.5. The van der Waals surface area contributed by atoms with Crippen LogP contribution >= 0.6 is 95.6 Å². The molecule has 14 heteroatoms. The zero-order valence-electron chi connectivity index (χ0n) is 20.5. The SMILES string of the molecule is CCCCCC[C@@H](Br)[C@@H](Br)[C@H]([C@H](Br)C[C@@H](Br)CCCCCCCCC(Br)(Br)CS(=O)(=O)[O-])S(=O)(=O)[O-]. The molecule has 0 rings (SSSR count). The van der Waals surface area contributed by atoms with Gasteiger partial charge in [0.2, 0.25) is 0 Å². The van der Waals surface area contributed by atoms with Crippen LogP contribution in [0.25, 0.3) is 0 Å². The van der Waals surface area contributed by atoms with E-state index in [1.54, 1.807) is 0 Å². The maximum atomic E-state index is 12.1. The Morgan fingerprint density at radius 1 is 0.722 bits per heavy atom. The van der Waals surface area contributed by atoms with Gasteiger partial charge in [0.1, 0.15) is 0 Å². The summed E-state index contributed by atoms with van der Waals surface area (Å²) in [6.07, 6.45) is 12.9. The summed E-state index contributed by atoms with van der Waals surface area (Å²) in [5.41, 5.74) is 0. The van der Waals surface area contributed by atoms with Gasteiger partial charge in [-0.05, 0) is 25.7 Å². The normalized spacial score (nSPS) is 17.5. The van der Waals surface area contributed by atoms with Crippen LogP contribution in [-0.2, 0) is 20.2 Å². The molecule has 36 heavy (non-hydrogen) atoms. The second kappa shape index (κ2) is 19.8. The quantitative estimate of drug-likeness (QED) is 0.0612. The molecule has 0 spiro atoms. The fourth-order valence-corrected chi connectivity index (χ4v) is 13.3. The largest absolute Gasteiger partial charge is 0.748 e. The van der Waals surface area contributed by atoms with Crippen molar-refractivity contribution in [1.29, 1.82) is 0 Å². The van der Waals surface area contributed by atoms with Gasteiger partial charge in [0.15, 0.2) is 0 Å². The van der Waals surface area contributed by atoms with Crippen LogP contribution in [0, 0.1) is 0 Å². The lowest BCUT2D eigenvalue weighted by atomic mass is 10.0. The molecule has 0 amide bonds. The lowest BCUT2D eigenvalue weighted by Crippen LogP contribution is -2.43. The van der Waals surface area contributed by atoms with Gasteiger partial charge in [-0.1, -0.05) is 167 Å². The summed E-state index contributed by atoms with van der Waals surface area (Å²) >= 11 is 20.8. The zero-order chi connectivity index (χ0) is 28.0. The van der Waals surface area contributed by atoms with Gasteiger partial charge in [-0.3, -0.25) is 0 Å². The molecular formula is C22H38Br6O6S2-2. The Bertz CT molecular complexity index is 797. The van der Waals surface area contributed by atoms with Crippen molar-refractivity contribution in [1.82, 2.24) is 0 Å². The topological polar surface area (TPSA) is 114 Å². The molecule has 0 aromatic carbocycles. The van der Waals surface area contributed by atoms with Crippen molar-refractivity contribution in [2.24, 2.45) is 0 Å². The molecule has 218 valence electrons. The van der Waals surface area contributed by atoms with Crippen LogP contribution in [0.1, 0.15) is 96.8 Å². The molecule has 0 aliphatic heterocycles. The fourth-order valence-electron chi connectivity index (χ4n) is 3.95. The lowest BCUT2D eigenvalue weighted by molar-refractivity contribution is 0.437. The summed E-state index contributed by atoms with van der Waals surface area (Å²) in [7, 11) is -8.79. The second-order valence-electron chi connectivity index (χ2n) is 9.33. The van der Waals surface area contributed by atoms with Gasteiger partial charge in [-0.15, -0.1) is 0 Å². The molecule has 0 fully saturated rings. The van der Waals surface area contributed by atoms with Crippen LogP contribution in [0.15, 0.2) is 0 Å². The average Bonchev–Trinajstić information content (AvgIpc) is 2.70. The Labute approximate surface area is 269 Å². The Hall–Kier alpha value is 2.70. The van der Waals surface area contributed by atoms with Crippen LogP contribution in [0.2, 0.25) is 0 Å². The predicted octanol–water partition coefficient (Wildman–Crippen LogP) is 8.47. The van der Waals surface area contributed by atoms with E-state index in [-0.39, 0.29) is 9.65 Å². The van der Waals surface area contributed by atoms with Crippen molar-refractivity contribution < 1.29 is 25.9 Å². The first-order valence-electron chi connectivity index (χ1n) is 12.3. The van der Waals surface area contributed by atoms with Gasteiger partial charge in [0.05, 0.1) is 34.5 Å². The van der Waals surface area contributed by atoms with Gasteiger partial charge in [0.25, 0.3) is 0 Å². The summed E-state index contributed by atoms with van der Waals surface area (Å²) in [6.45, 7) is 2.14. The number of hydrogen-bond acceptors (Lipinski definition) is 6. The van der Waals surface area contributed by atoms with Crippen LogP contribution in [-0.4, -0.2) is 59.5 Å². The van der Waals surface area contributed by atoms with Crippen molar-refractivity contribution in [2.75, 3.05) is 5.75 Å². The van der Waals surface area contributed by atoms with Crippen LogP contribution in [0.5, 0.6) is 0 Å². The van der Waals surface area contributed by atoms with E-state index in [2.05, 4.69) is 103 Å². The van der Waals surface area contributed by atoms with E-state index in [4.69, 9.17) is 0 Å². The van der Waals surface area contributed by atoms with Gasteiger partial charge < -0.3 is 9.11 Å². The Morgan fingerprint density at radius 3 is 1.75 bits per heavy atom. The Kier molecular flexibility index (Phi) is 21.2. The highest BCUT2D eigenvalue weighted by atomic mass is 79.9. The average molecular weight is 942 g/mol. The molecule has 0 aliphatic carbocycles. The molecular weight excluding hydrogens is 904 g/mol. The van der Waals surface area contributed by atoms with Crippen molar-refractivity contribution in [3.63, 3.8) is 0 Å². The molecule has 0 radical (unpaired) electrons. The van der Waals surface area contributed by atoms with E-state index in [0.29, 0.717) is 12.8 Å². The third-order valence-corrected chi connectivity index (χ3v) is 15.5. The van der Waals surface area contributed by atoms with E-state index in [9.17, 15) is 25.9 Å². The maximum Gasteiger partial charge on any atom is 0.0998 e. The molecule has 0 saturated carbocycles. The maximum absolute atomic E-state index is 12.1. The third kappa shape index (κ3) is 19.7. The number of hydrogen-bond donors (Lipinski definition) is 0. The van der Waals surface area contributed by atoms with Gasteiger partial charge in [-0.2, -0.15) is 0 Å². The smallest absolute Gasteiger partial charge is 0.0998 e. The number of halogens is 6. The molecule has 6 nitrogen and oxygen atoms in total. The van der Waals surface area contributed by atoms with Crippen molar-refractivity contribution in [2.45, 2.75) is 125 Å². The Morgan fingerprint density at radius 2 is 1.22 bits per heavy atom. The minimum Gasteiger partial charge on any atom is -0.748 e. The highest BCUT2D eigenvalue weighted by Crippen LogP contribution is 2.35. The van der Waals surface area contributed by atoms with Gasteiger partial charge in [-0.25, -0.2) is 16.8 Å². The number of rotatable bonds is 22. The molecule has 0 bridgehead atoms. The molecule has 5 atom stereocenters. The second-order valence-corrected chi connectivity index (χ2v) is 21.1. The lowest BCUT2D eigenvalue weighted by Gasteiger charge is -2.33. The predicted molar refractivity (Wildman–Crippen MR) is 170 cm³/mol. The molecule has 0 aromatic heterocycles. The van der Waals surface area contributed by atoms with Crippen LogP contribution in [0.3, 0.4) is 0 Å². The van der Waals surface area contributed by atoms with E-state index >= 15 is 0 Å². The monoisotopic (exact) mass is 936 g/mol. The number of alkyl halides is 6. The minimum absolute atomic E-state index is 0.0964. The van der Waals surface area contributed by atoms with Gasteiger partial charge in [0, 0.05) is 19.3 Å². The standard InChI is InChI=1S/C22H40Br6O6S2/c1-2-3-4-10-13-18(24)20(26)21(36(32,33)34)19(25)15-17(23)12-9-7-5-6-8-11-14-22(27,28)16-35(29,30)31/h17-21H,2-16H2,1H3,(H,29,30,31)(H,32,33,34)/p-2/t17-,18+,19+,20+,21-/m0/s1. The summed E-state index contributed by atoms with van der Waals surface area (Å²) in [5.74, 6) is -0.485. The van der Waals surface area contributed by atoms with E-state index in [1.807, 2.05) is 0 Å². The molecule has 0 aromatic rings. The molecule has 0 unspecified atom stereocenters. The van der Waals surface area contributed by atoms with Crippen molar-refractivity contribution >= 4 is 116 Å². The van der Waals surface area contributed by atoms with E-state index in [1.165, 1.54) is 0 Å². The summed E-state index contributed by atoms with van der Waals surface area (Å²) in [4.78, 5) is -0.935. The Balaban J connectivity index is 4.37. The summed E-state index contributed by atoms with van der Waals surface area (Å²) < 4.78 is 68.1. The first kappa shape index (κ1) is 38.7. The highest BCUT2D eigenvalue weighted by molar-refractivity contribution is 9.25. The van der Waals surface area contributed by atoms with E-state index in [0.717, 1.165) is 77.0 Å². The van der Waals surface area contributed by atoms with Crippen molar-refractivity contribution in [3.8, 4) is 0 Å². The molecule has 0 heterocycles. The number of unbranched alkanes of at least 4 members (excludes halogenated alkanes) is 8. The zero-order valence-corrected chi connectivity index (χ0v) is 31.7. The minimum atomic E-state index is -4.50. The van der Waals surface area contributed by atoms with Gasteiger partial charge >= 0.3 is 0 Å². The molecule has 0 aliphatic rings. The third-order valence-electron chi connectivity index (χ3n) is 5.86. The summed E-state index contributed by atoms with van der Waals surface area (Å²) in [6, 6.07) is 0. The fraction of sp³-hybridized carbons (Fsp3) is 1.00. The van der Waals surface area contributed by atoms with Crippen LogP contribution in [0.4, 0.5) is 0 Å².